The van der Waals surface area contributed by atoms with E-state index < -0.39 is 17.2 Å². The van der Waals surface area contributed by atoms with Gasteiger partial charge < -0.3 is 5.11 Å². The van der Waals surface area contributed by atoms with Crippen molar-refractivity contribution in [3.8, 4) is 0 Å². The van der Waals surface area contributed by atoms with Gasteiger partial charge in [0.2, 0.25) is 0 Å². The summed E-state index contributed by atoms with van der Waals surface area (Å²) in [4.78, 5) is 11.6. The number of hydrogen-bond donors (Lipinski definition) is 1. The summed E-state index contributed by atoms with van der Waals surface area (Å²) in [5, 5.41) is 9.68. The van der Waals surface area contributed by atoms with Crippen molar-refractivity contribution in [3.63, 3.8) is 0 Å². The Morgan fingerprint density at radius 3 is 2.47 bits per heavy atom. The largest absolute Gasteiger partial charge is 0.481 e. The number of carbonyl (C=O) groups is 1. The topological polar surface area (TPSA) is 37.3 Å². The van der Waals surface area contributed by atoms with Crippen LogP contribution in [-0.2, 0) is 10.2 Å². The number of halogens is 2. The van der Waals surface area contributed by atoms with Gasteiger partial charge in [0, 0.05) is 10.6 Å². The van der Waals surface area contributed by atoms with Crippen LogP contribution in [0, 0.1) is 5.82 Å². The molecule has 1 aromatic rings. The summed E-state index contributed by atoms with van der Waals surface area (Å²) >= 11 is 5.99. The molecule has 1 aliphatic rings. The van der Waals surface area contributed by atoms with E-state index in [9.17, 15) is 14.3 Å². The molecule has 1 fully saturated rings. The second kappa shape index (κ2) is 4.65. The van der Waals surface area contributed by atoms with Crippen LogP contribution in [0.1, 0.15) is 37.7 Å². The van der Waals surface area contributed by atoms with Crippen LogP contribution < -0.4 is 0 Å². The van der Waals surface area contributed by atoms with Gasteiger partial charge in [-0.3, -0.25) is 4.79 Å². The van der Waals surface area contributed by atoms with E-state index in [-0.39, 0.29) is 10.6 Å². The molecule has 1 saturated carbocycles. The first kappa shape index (κ1) is 12.4. The highest BCUT2D eigenvalue weighted by atomic mass is 35.5. The molecule has 4 heteroatoms. The van der Waals surface area contributed by atoms with Gasteiger partial charge in [-0.15, -0.1) is 0 Å². The third kappa shape index (κ3) is 2.04. The van der Waals surface area contributed by atoms with Gasteiger partial charge in [-0.05, 0) is 25.0 Å². The number of carboxylic acid groups (broad SMARTS) is 1. The lowest BCUT2D eigenvalue weighted by Gasteiger charge is -2.34. The Morgan fingerprint density at radius 2 is 1.94 bits per heavy atom. The summed E-state index contributed by atoms with van der Waals surface area (Å²) in [6, 6.07) is 4.33. The molecule has 0 amide bonds. The Kier molecular flexibility index (Phi) is 3.38. The van der Waals surface area contributed by atoms with Crippen LogP contribution in [0.5, 0.6) is 0 Å². The van der Waals surface area contributed by atoms with Crippen LogP contribution >= 0.6 is 11.6 Å². The lowest BCUT2D eigenvalue weighted by Crippen LogP contribution is -2.39. The van der Waals surface area contributed by atoms with Crippen LogP contribution in [0.25, 0.3) is 0 Å². The zero-order chi connectivity index (χ0) is 12.5. The minimum atomic E-state index is -1.14. The molecule has 0 radical (unpaired) electrons. The fourth-order valence-electron chi connectivity index (χ4n) is 2.68. The Morgan fingerprint density at radius 1 is 1.29 bits per heavy atom. The molecule has 0 heterocycles. The predicted octanol–water partition coefficient (Wildman–Crippen LogP) is 3.77. The monoisotopic (exact) mass is 256 g/mol. The Bertz CT molecular complexity index is 419. The third-order valence-electron chi connectivity index (χ3n) is 3.56. The molecule has 1 N–H and O–H groups in total. The zero-order valence-electron chi connectivity index (χ0n) is 9.38. The minimum Gasteiger partial charge on any atom is -0.481 e. The van der Waals surface area contributed by atoms with E-state index in [1.807, 2.05) is 0 Å². The van der Waals surface area contributed by atoms with Crippen molar-refractivity contribution in [2.45, 2.75) is 37.5 Å². The molecule has 0 bridgehead atoms. The van der Waals surface area contributed by atoms with Crippen LogP contribution in [-0.4, -0.2) is 11.1 Å². The average molecular weight is 257 g/mol. The van der Waals surface area contributed by atoms with E-state index >= 15 is 0 Å². The molecule has 0 spiro atoms. The van der Waals surface area contributed by atoms with Crippen molar-refractivity contribution in [3.05, 3.63) is 34.6 Å². The maximum atomic E-state index is 13.9. The van der Waals surface area contributed by atoms with Crippen LogP contribution in [0.3, 0.4) is 0 Å². The standard InChI is InChI=1S/C13H14ClFO2/c14-9-5-4-6-10(15)11(9)13(12(16)17)7-2-1-3-8-13/h4-6H,1-3,7-8H2,(H,16,17). The Hall–Kier alpha value is -1.09. The lowest BCUT2D eigenvalue weighted by atomic mass is 9.69. The first-order valence-electron chi connectivity index (χ1n) is 5.76. The van der Waals surface area contributed by atoms with Crippen LogP contribution in [0.4, 0.5) is 4.39 Å². The van der Waals surface area contributed by atoms with Crippen molar-refractivity contribution in [1.82, 2.24) is 0 Å². The highest BCUT2D eigenvalue weighted by Crippen LogP contribution is 2.43. The maximum absolute atomic E-state index is 13.9. The molecule has 0 aromatic heterocycles. The van der Waals surface area contributed by atoms with Crippen molar-refractivity contribution >= 4 is 17.6 Å². The molecule has 1 aromatic carbocycles. The fraction of sp³-hybridized carbons (Fsp3) is 0.462. The zero-order valence-corrected chi connectivity index (χ0v) is 10.1. The SMILES string of the molecule is O=C(O)C1(c2c(F)cccc2Cl)CCCCC1. The van der Waals surface area contributed by atoms with E-state index in [1.165, 1.54) is 12.1 Å². The molecule has 0 atom stereocenters. The van der Waals surface area contributed by atoms with E-state index in [2.05, 4.69) is 0 Å². The number of carboxylic acids is 1. The van der Waals surface area contributed by atoms with Crippen molar-refractivity contribution in [2.24, 2.45) is 0 Å². The third-order valence-corrected chi connectivity index (χ3v) is 3.87. The van der Waals surface area contributed by atoms with Crippen LogP contribution in [0.15, 0.2) is 18.2 Å². The Balaban J connectivity index is 2.56. The number of benzene rings is 1. The highest BCUT2D eigenvalue weighted by molar-refractivity contribution is 6.31. The molecule has 0 saturated heterocycles. The Labute approximate surface area is 104 Å². The summed E-state index contributed by atoms with van der Waals surface area (Å²) in [7, 11) is 0. The van der Waals surface area contributed by atoms with E-state index in [1.54, 1.807) is 6.07 Å². The number of hydrogen-bond acceptors (Lipinski definition) is 1. The molecule has 92 valence electrons. The molecule has 0 unspecified atom stereocenters. The van der Waals surface area contributed by atoms with Gasteiger partial charge in [0.1, 0.15) is 5.82 Å². The van der Waals surface area contributed by atoms with Gasteiger partial charge in [0.25, 0.3) is 0 Å². The maximum Gasteiger partial charge on any atom is 0.314 e. The molecular weight excluding hydrogens is 243 g/mol. The summed E-state index contributed by atoms with van der Waals surface area (Å²) in [5.74, 6) is -1.48. The van der Waals surface area contributed by atoms with Gasteiger partial charge in [0.15, 0.2) is 0 Å². The lowest BCUT2D eigenvalue weighted by molar-refractivity contribution is -0.145. The van der Waals surface area contributed by atoms with E-state index in [0.717, 1.165) is 19.3 Å². The van der Waals surface area contributed by atoms with Gasteiger partial charge in [-0.1, -0.05) is 36.9 Å². The molecular formula is C13H14ClFO2. The predicted molar refractivity (Wildman–Crippen MR) is 63.8 cm³/mol. The van der Waals surface area contributed by atoms with Gasteiger partial charge >= 0.3 is 5.97 Å². The fourth-order valence-corrected chi connectivity index (χ4v) is 3.03. The summed E-state index contributed by atoms with van der Waals surface area (Å²) < 4.78 is 13.9. The smallest absolute Gasteiger partial charge is 0.314 e. The van der Waals surface area contributed by atoms with Crippen LogP contribution in [0.2, 0.25) is 5.02 Å². The molecule has 2 nitrogen and oxygen atoms in total. The number of aliphatic carboxylic acids is 1. The normalized spacial score (nSPS) is 18.9. The van der Waals surface area contributed by atoms with Crippen molar-refractivity contribution in [1.29, 1.82) is 0 Å². The summed E-state index contributed by atoms with van der Waals surface area (Å²) in [6.07, 6.45) is 3.53. The quantitative estimate of drug-likeness (QED) is 0.875. The molecule has 2 rings (SSSR count). The molecule has 0 aliphatic heterocycles. The average Bonchev–Trinajstić information content (AvgIpc) is 2.29. The van der Waals surface area contributed by atoms with Gasteiger partial charge in [0.05, 0.1) is 5.41 Å². The van der Waals surface area contributed by atoms with E-state index in [4.69, 9.17) is 11.6 Å². The van der Waals surface area contributed by atoms with Crippen molar-refractivity contribution in [2.75, 3.05) is 0 Å². The van der Waals surface area contributed by atoms with Gasteiger partial charge in [-0.2, -0.15) is 0 Å². The minimum absolute atomic E-state index is 0.161. The second-order valence-electron chi connectivity index (χ2n) is 4.54. The highest BCUT2D eigenvalue weighted by Gasteiger charge is 2.44. The van der Waals surface area contributed by atoms with E-state index in [0.29, 0.717) is 12.8 Å². The summed E-state index contributed by atoms with van der Waals surface area (Å²) in [6.45, 7) is 0. The summed E-state index contributed by atoms with van der Waals surface area (Å²) in [5.41, 5.74) is -0.977. The first-order valence-corrected chi connectivity index (χ1v) is 6.13. The molecule has 1 aliphatic carbocycles. The van der Waals surface area contributed by atoms with Gasteiger partial charge in [-0.25, -0.2) is 4.39 Å². The molecule has 17 heavy (non-hydrogen) atoms. The first-order chi connectivity index (χ1) is 8.08. The second-order valence-corrected chi connectivity index (χ2v) is 4.95. The number of rotatable bonds is 2. The van der Waals surface area contributed by atoms with Crippen molar-refractivity contribution < 1.29 is 14.3 Å².